The fourth-order valence-corrected chi connectivity index (χ4v) is 4.35. The number of hydrogen-bond donors (Lipinski definition) is 1. The summed E-state index contributed by atoms with van der Waals surface area (Å²) in [6, 6.07) is 13.2. The molecule has 1 heterocycles. The molecule has 40 heavy (non-hydrogen) atoms. The first-order valence-corrected chi connectivity index (χ1v) is 12.7. The predicted octanol–water partition coefficient (Wildman–Crippen LogP) is 4.12. The van der Waals surface area contributed by atoms with E-state index in [9.17, 15) is 24.5 Å². The van der Waals surface area contributed by atoms with Crippen LogP contribution in [0.3, 0.4) is 0 Å². The van der Waals surface area contributed by atoms with Gasteiger partial charge in [0.15, 0.2) is 0 Å². The monoisotopic (exact) mass is 552 g/mol. The van der Waals surface area contributed by atoms with Crippen molar-refractivity contribution in [2.24, 2.45) is 0 Å². The van der Waals surface area contributed by atoms with E-state index in [0.29, 0.717) is 42.2 Å². The number of carbonyl (C=O) groups excluding carboxylic acids is 3. The van der Waals surface area contributed by atoms with Gasteiger partial charge in [-0.15, -0.1) is 0 Å². The van der Waals surface area contributed by atoms with Gasteiger partial charge in [0.2, 0.25) is 0 Å². The number of dihydropyridines is 1. The third-order valence-electron chi connectivity index (χ3n) is 6.21. The summed E-state index contributed by atoms with van der Waals surface area (Å²) in [5, 5.41) is 14.4. The van der Waals surface area contributed by atoms with E-state index < -0.39 is 22.8 Å². The minimum Gasteiger partial charge on any atom is -0.493 e. The SMILES string of the molecule is COC(=O)C1=C(C)NC(C)=C(C(=O)OCCCOc2ccc(CCOC(C)=O)cc2)C1c1cccc([N+](=O)[O-])c1. The van der Waals surface area contributed by atoms with E-state index in [2.05, 4.69) is 5.32 Å². The van der Waals surface area contributed by atoms with Crippen LogP contribution in [0.1, 0.15) is 44.2 Å². The normalized spacial score (nSPS) is 14.8. The van der Waals surface area contributed by atoms with Gasteiger partial charge in [0.25, 0.3) is 5.69 Å². The topological polar surface area (TPSA) is 143 Å². The number of nitrogens with zero attached hydrogens (tertiary/aromatic N) is 1. The summed E-state index contributed by atoms with van der Waals surface area (Å²) in [7, 11) is 1.23. The minimum atomic E-state index is -0.920. The van der Waals surface area contributed by atoms with Gasteiger partial charge in [-0.05, 0) is 37.1 Å². The Labute approximate surface area is 231 Å². The number of carbonyl (C=O) groups is 3. The lowest BCUT2D eigenvalue weighted by Crippen LogP contribution is -2.32. The summed E-state index contributed by atoms with van der Waals surface area (Å²) in [6.45, 7) is 5.37. The minimum absolute atomic E-state index is 0.0496. The van der Waals surface area contributed by atoms with E-state index >= 15 is 0 Å². The van der Waals surface area contributed by atoms with Gasteiger partial charge in [-0.2, -0.15) is 0 Å². The third-order valence-corrected chi connectivity index (χ3v) is 6.21. The highest BCUT2D eigenvalue weighted by atomic mass is 16.6. The Kier molecular flexibility index (Phi) is 10.4. The summed E-state index contributed by atoms with van der Waals surface area (Å²) in [4.78, 5) is 47.7. The molecule has 0 saturated carbocycles. The molecule has 1 N–H and O–H groups in total. The second-order valence-electron chi connectivity index (χ2n) is 9.05. The molecule has 1 aliphatic rings. The average Bonchev–Trinajstić information content (AvgIpc) is 2.92. The first-order chi connectivity index (χ1) is 19.1. The number of methoxy groups -OCH3 is 1. The lowest BCUT2D eigenvalue weighted by atomic mass is 9.80. The summed E-state index contributed by atoms with van der Waals surface area (Å²) < 4.78 is 21.2. The van der Waals surface area contributed by atoms with Gasteiger partial charge in [0, 0.05) is 43.3 Å². The van der Waals surface area contributed by atoms with Crippen molar-refractivity contribution >= 4 is 23.6 Å². The molecule has 0 bridgehead atoms. The zero-order chi connectivity index (χ0) is 29.2. The number of allylic oxidation sites excluding steroid dienone is 2. The second-order valence-corrected chi connectivity index (χ2v) is 9.05. The molecule has 1 unspecified atom stereocenters. The van der Waals surface area contributed by atoms with Gasteiger partial charge in [-0.25, -0.2) is 9.59 Å². The van der Waals surface area contributed by atoms with Crippen LogP contribution in [-0.4, -0.2) is 49.8 Å². The molecule has 1 aliphatic heterocycles. The van der Waals surface area contributed by atoms with E-state index in [0.717, 1.165) is 5.56 Å². The fraction of sp³-hybridized carbons (Fsp3) is 0.345. The molecule has 0 aromatic heterocycles. The zero-order valence-corrected chi connectivity index (χ0v) is 22.9. The summed E-state index contributed by atoms with van der Waals surface area (Å²) in [5.74, 6) is -1.91. The highest BCUT2D eigenvalue weighted by Crippen LogP contribution is 2.40. The Morgan fingerprint density at radius 2 is 1.60 bits per heavy atom. The molecule has 0 spiro atoms. The number of esters is 3. The average molecular weight is 553 g/mol. The molecule has 0 fully saturated rings. The predicted molar refractivity (Wildman–Crippen MR) is 144 cm³/mol. The van der Waals surface area contributed by atoms with E-state index in [-0.39, 0.29) is 36.0 Å². The van der Waals surface area contributed by atoms with E-state index in [1.807, 2.05) is 24.3 Å². The van der Waals surface area contributed by atoms with Crippen LogP contribution in [0.25, 0.3) is 0 Å². The van der Waals surface area contributed by atoms with Crippen LogP contribution in [-0.2, 0) is 35.0 Å². The molecular weight excluding hydrogens is 520 g/mol. The zero-order valence-electron chi connectivity index (χ0n) is 22.9. The number of ether oxygens (including phenoxy) is 4. The molecule has 11 heteroatoms. The van der Waals surface area contributed by atoms with Crippen LogP contribution in [0.15, 0.2) is 71.1 Å². The Morgan fingerprint density at radius 1 is 0.925 bits per heavy atom. The quantitative estimate of drug-likeness (QED) is 0.134. The molecule has 0 radical (unpaired) electrons. The van der Waals surface area contributed by atoms with Gasteiger partial charge in [0.1, 0.15) is 5.75 Å². The summed E-state index contributed by atoms with van der Waals surface area (Å²) in [5.41, 5.74) is 2.50. The maximum absolute atomic E-state index is 13.3. The van der Waals surface area contributed by atoms with Crippen molar-refractivity contribution in [1.29, 1.82) is 0 Å². The molecule has 11 nitrogen and oxygen atoms in total. The number of nitrogens with one attached hydrogen (secondary N) is 1. The smallest absolute Gasteiger partial charge is 0.336 e. The Bertz CT molecular complexity index is 1330. The first-order valence-electron chi connectivity index (χ1n) is 12.7. The summed E-state index contributed by atoms with van der Waals surface area (Å²) in [6.07, 6.45) is 1.00. The highest BCUT2D eigenvalue weighted by molar-refractivity contribution is 5.99. The van der Waals surface area contributed by atoms with Crippen LogP contribution >= 0.6 is 0 Å². The van der Waals surface area contributed by atoms with Gasteiger partial charge in [-0.1, -0.05) is 24.3 Å². The highest BCUT2D eigenvalue weighted by Gasteiger charge is 2.38. The summed E-state index contributed by atoms with van der Waals surface area (Å²) >= 11 is 0. The van der Waals surface area contributed by atoms with Crippen molar-refractivity contribution in [2.45, 2.75) is 39.5 Å². The lowest BCUT2D eigenvalue weighted by Gasteiger charge is -2.30. The maximum atomic E-state index is 13.3. The van der Waals surface area contributed by atoms with E-state index in [4.69, 9.17) is 18.9 Å². The number of nitro groups is 1. The van der Waals surface area contributed by atoms with Gasteiger partial charge in [-0.3, -0.25) is 14.9 Å². The fourth-order valence-electron chi connectivity index (χ4n) is 4.35. The molecular formula is C29H32N2O9. The molecule has 1 atom stereocenters. The number of non-ortho nitro benzene ring substituents is 1. The molecule has 0 amide bonds. The van der Waals surface area contributed by atoms with Crippen molar-refractivity contribution in [3.63, 3.8) is 0 Å². The molecule has 0 saturated heterocycles. The van der Waals surface area contributed by atoms with E-state index in [1.165, 1.54) is 32.2 Å². The Balaban J connectivity index is 1.65. The molecule has 212 valence electrons. The van der Waals surface area contributed by atoms with Crippen LogP contribution in [0.4, 0.5) is 5.69 Å². The molecule has 2 aromatic rings. The molecule has 2 aromatic carbocycles. The third kappa shape index (κ3) is 7.68. The van der Waals surface area contributed by atoms with Gasteiger partial charge < -0.3 is 24.3 Å². The van der Waals surface area contributed by atoms with Gasteiger partial charge >= 0.3 is 17.9 Å². The van der Waals surface area contributed by atoms with Crippen LogP contribution in [0.5, 0.6) is 5.75 Å². The van der Waals surface area contributed by atoms with Crippen molar-refractivity contribution in [2.75, 3.05) is 26.9 Å². The Hall–Kier alpha value is -4.67. The van der Waals surface area contributed by atoms with Crippen molar-refractivity contribution in [3.8, 4) is 5.75 Å². The van der Waals surface area contributed by atoms with Gasteiger partial charge in [0.05, 0.1) is 48.9 Å². The largest absolute Gasteiger partial charge is 0.493 e. The number of hydrogen-bond acceptors (Lipinski definition) is 10. The second kappa shape index (κ2) is 13.9. The molecule has 0 aliphatic carbocycles. The van der Waals surface area contributed by atoms with E-state index in [1.54, 1.807) is 19.9 Å². The van der Waals surface area contributed by atoms with Crippen molar-refractivity contribution in [3.05, 3.63) is 92.3 Å². The number of benzene rings is 2. The Morgan fingerprint density at radius 3 is 2.23 bits per heavy atom. The maximum Gasteiger partial charge on any atom is 0.336 e. The number of nitro benzene ring substituents is 1. The first kappa shape index (κ1) is 29.9. The van der Waals surface area contributed by atoms with Crippen LogP contribution in [0.2, 0.25) is 0 Å². The van der Waals surface area contributed by atoms with Crippen LogP contribution < -0.4 is 10.1 Å². The van der Waals surface area contributed by atoms with Crippen molar-refractivity contribution < 1.29 is 38.3 Å². The molecule has 3 rings (SSSR count). The van der Waals surface area contributed by atoms with Crippen molar-refractivity contribution in [1.82, 2.24) is 5.32 Å². The van der Waals surface area contributed by atoms with Crippen LogP contribution in [0, 0.1) is 10.1 Å². The standard InChI is InChI=1S/C29H32N2O9/c1-18-25(28(33)37-4)27(22-7-5-8-23(17-22)31(35)36)26(19(2)30-18)29(34)40-15-6-14-39-24-11-9-21(10-12-24)13-16-38-20(3)32/h5,7-12,17,27,30H,6,13-16H2,1-4H3. The number of rotatable bonds is 12. The lowest BCUT2D eigenvalue weighted by molar-refractivity contribution is -0.384.